The van der Waals surface area contributed by atoms with Gasteiger partial charge in [-0.05, 0) is 30.5 Å². The predicted molar refractivity (Wildman–Crippen MR) is 123 cm³/mol. The number of benzene rings is 1. The molecule has 2 bridgehead atoms. The van der Waals surface area contributed by atoms with E-state index in [9.17, 15) is 14.0 Å². The number of halogens is 2. The highest BCUT2D eigenvalue weighted by Crippen LogP contribution is 2.42. The third-order valence-electron chi connectivity index (χ3n) is 8.41. The Labute approximate surface area is 216 Å². The molecule has 3 aliphatic heterocycles. The van der Waals surface area contributed by atoms with E-state index in [0.717, 1.165) is 57.2 Å². The van der Waals surface area contributed by atoms with Gasteiger partial charge in [0.25, 0.3) is 0 Å². The molecule has 8 heteroatoms. The molecule has 3 saturated heterocycles. The van der Waals surface area contributed by atoms with E-state index in [1.807, 2.05) is 6.07 Å². The highest BCUT2D eigenvalue weighted by molar-refractivity contribution is 5.83. The average molecular weight is 549 g/mol. The maximum Gasteiger partial charge on any atom is 0.317 e. The number of carbonyl (C=O) groups is 2. The molecule has 0 spiro atoms. The summed E-state index contributed by atoms with van der Waals surface area (Å²) in [6, 6.07) is 8.24. The molecule has 1 aromatic carbocycles. The van der Waals surface area contributed by atoms with E-state index in [2.05, 4.69) is 5.16 Å². The lowest BCUT2D eigenvalue weighted by Gasteiger charge is -2.52. The molecular weight excluding hydrogens is 515 g/mol. The van der Waals surface area contributed by atoms with Crippen LogP contribution >= 0.6 is 0 Å². The van der Waals surface area contributed by atoms with Gasteiger partial charge in [0.1, 0.15) is 25.2 Å². The van der Waals surface area contributed by atoms with Gasteiger partial charge < -0.3 is 30.7 Å². The van der Waals surface area contributed by atoms with E-state index in [-0.39, 0.29) is 47.1 Å². The lowest BCUT2D eigenvalue weighted by atomic mass is 9.74. The topological polar surface area (TPSA) is 69.4 Å². The van der Waals surface area contributed by atoms with Gasteiger partial charge in [-0.25, -0.2) is 4.39 Å². The van der Waals surface area contributed by atoms with Crippen LogP contribution in [0.2, 0.25) is 0 Å². The Kier molecular flexibility index (Phi) is 8.11. The van der Waals surface area contributed by atoms with Gasteiger partial charge >= 0.3 is 5.97 Å². The number of esters is 1. The van der Waals surface area contributed by atoms with Crippen molar-refractivity contribution < 1.29 is 44.7 Å². The molecule has 4 heterocycles. The molecule has 1 saturated carbocycles. The number of hydrogen-bond donors (Lipinski definition) is 0. The number of ketones is 1. The quantitative estimate of drug-likeness (QED) is 0.297. The molecule has 0 N–H and O–H groups in total. The number of Topliss-reactive ketones (excluding diaryl/α,β-unsaturated/α-hetero) is 1. The van der Waals surface area contributed by atoms with E-state index >= 15 is 0 Å². The van der Waals surface area contributed by atoms with Gasteiger partial charge in [-0.3, -0.25) is 9.59 Å². The fourth-order valence-corrected chi connectivity index (χ4v) is 6.52. The molecule has 6 rings (SSSR count). The summed E-state index contributed by atoms with van der Waals surface area (Å²) >= 11 is 0. The van der Waals surface area contributed by atoms with E-state index < -0.39 is 5.41 Å². The Morgan fingerprint density at radius 3 is 2.51 bits per heavy atom. The van der Waals surface area contributed by atoms with Crippen molar-refractivity contribution in [2.45, 2.75) is 69.3 Å². The molecule has 2 aromatic rings. The molecular formula is C27H34BrFN2O4. The third-order valence-corrected chi connectivity index (χ3v) is 8.41. The van der Waals surface area contributed by atoms with Gasteiger partial charge in [0.2, 0.25) is 0 Å². The monoisotopic (exact) mass is 548 g/mol. The Morgan fingerprint density at radius 1 is 1.11 bits per heavy atom. The van der Waals surface area contributed by atoms with Crippen molar-refractivity contribution in [3.05, 3.63) is 53.7 Å². The summed E-state index contributed by atoms with van der Waals surface area (Å²) in [6.07, 6.45) is 8.94. The number of hydrogen-bond acceptors (Lipinski definition) is 5. The first-order valence-electron chi connectivity index (χ1n) is 12.7. The highest BCUT2D eigenvalue weighted by atomic mass is 79.9. The van der Waals surface area contributed by atoms with Crippen LogP contribution in [0, 0.1) is 11.7 Å². The van der Waals surface area contributed by atoms with Crippen molar-refractivity contribution in [1.82, 2.24) is 5.16 Å². The minimum Gasteiger partial charge on any atom is -1.00 e. The van der Waals surface area contributed by atoms with Crippen LogP contribution in [0.5, 0.6) is 0 Å². The maximum atomic E-state index is 14.1. The molecule has 190 valence electrons. The Balaban J connectivity index is 0.00000289. The standard InChI is InChI=1S/C27H34FN2O4.BrH/c28-22-7-5-6-21(16-22)27(11-3-1-2-4-12-27)26(32)34-25-19-30(13-8-20(25)9-14-30)18-24(31)17-23-10-15-33-29-23;/h5-7,10,15-16,20,25H,1-4,8-9,11-14,17-19H2;1H/q+1;/p-1/t20?,25-,30?;/m0./s1. The second kappa shape index (κ2) is 10.9. The average Bonchev–Trinajstić information content (AvgIpc) is 3.20. The summed E-state index contributed by atoms with van der Waals surface area (Å²) in [6.45, 7) is 3.00. The molecule has 1 aromatic heterocycles. The molecule has 1 atom stereocenters. The molecule has 35 heavy (non-hydrogen) atoms. The van der Waals surface area contributed by atoms with E-state index in [4.69, 9.17) is 9.26 Å². The van der Waals surface area contributed by atoms with Crippen molar-refractivity contribution in [3.8, 4) is 0 Å². The van der Waals surface area contributed by atoms with Crippen LogP contribution in [0.15, 0.2) is 41.1 Å². The molecule has 0 radical (unpaired) electrons. The number of fused-ring (bicyclic) bond motifs is 3. The van der Waals surface area contributed by atoms with Gasteiger partial charge in [0.15, 0.2) is 11.9 Å². The number of ether oxygens (including phenoxy) is 1. The van der Waals surface area contributed by atoms with Gasteiger partial charge in [-0.15, -0.1) is 0 Å². The van der Waals surface area contributed by atoms with E-state index in [0.29, 0.717) is 42.0 Å². The Bertz CT molecular complexity index is 1010. The zero-order valence-electron chi connectivity index (χ0n) is 20.1. The van der Waals surface area contributed by atoms with Crippen LogP contribution in [0.25, 0.3) is 0 Å². The molecule has 0 amide bonds. The molecule has 0 unspecified atom stereocenters. The van der Waals surface area contributed by atoms with E-state index in [1.54, 1.807) is 12.1 Å². The van der Waals surface area contributed by atoms with Crippen LogP contribution < -0.4 is 17.0 Å². The maximum absolute atomic E-state index is 14.1. The first-order valence-corrected chi connectivity index (χ1v) is 12.7. The molecule has 6 nitrogen and oxygen atoms in total. The third kappa shape index (κ3) is 5.53. The Hall–Kier alpha value is -2.06. The summed E-state index contributed by atoms with van der Waals surface area (Å²) in [5.41, 5.74) is 0.619. The summed E-state index contributed by atoms with van der Waals surface area (Å²) in [5.74, 6) is -0.0398. The minimum atomic E-state index is -0.780. The summed E-state index contributed by atoms with van der Waals surface area (Å²) in [4.78, 5) is 26.6. The fraction of sp³-hybridized carbons (Fsp3) is 0.593. The Morgan fingerprint density at radius 2 is 1.86 bits per heavy atom. The largest absolute Gasteiger partial charge is 1.00 e. The summed E-state index contributed by atoms with van der Waals surface area (Å²) in [7, 11) is 0. The lowest BCUT2D eigenvalue weighted by Crippen LogP contribution is -3.00. The van der Waals surface area contributed by atoms with Gasteiger partial charge in [-0.1, -0.05) is 43.0 Å². The van der Waals surface area contributed by atoms with Crippen molar-refractivity contribution in [3.63, 3.8) is 0 Å². The van der Waals surface area contributed by atoms with Gasteiger partial charge in [0, 0.05) is 24.8 Å². The highest BCUT2D eigenvalue weighted by Gasteiger charge is 2.51. The smallest absolute Gasteiger partial charge is 0.317 e. The van der Waals surface area contributed by atoms with E-state index in [1.165, 1.54) is 18.4 Å². The second-order valence-corrected chi connectivity index (χ2v) is 10.6. The zero-order valence-corrected chi connectivity index (χ0v) is 21.7. The SMILES string of the molecule is O=C(Cc1ccon1)C[N+]12CCC(CC1)[C@@H](OC(=O)C1(c3cccc(F)c3)CCCCCC1)C2.[Br-]. The summed E-state index contributed by atoms with van der Waals surface area (Å²) < 4.78 is 26.0. The number of piperidine rings is 3. The number of nitrogens with zero attached hydrogens (tertiary/aromatic N) is 2. The van der Waals surface area contributed by atoms with Crippen LogP contribution in [0.3, 0.4) is 0 Å². The zero-order chi connectivity index (χ0) is 23.6. The van der Waals surface area contributed by atoms with Crippen molar-refractivity contribution in [1.29, 1.82) is 0 Å². The number of carbonyl (C=O) groups excluding carboxylic acids is 2. The lowest BCUT2D eigenvalue weighted by molar-refractivity contribution is -0.939. The number of aromatic nitrogens is 1. The van der Waals surface area contributed by atoms with Crippen LogP contribution in [0.4, 0.5) is 4.39 Å². The number of rotatable bonds is 7. The van der Waals surface area contributed by atoms with Crippen LogP contribution in [0.1, 0.15) is 62.6 Å². The minimum absolute atomic E-state index is 0. The molecule has 1 aliphatic carbocycles. The van der Waals surface area contributed by atoms with Crippen molar-refractivity contribution in [2.24, 2.45) is 5.92 Å². The van der Waals surface area contributed by atoms with Crippen LogP contribution in [-0.4, -0.2) is 53.7 Å². The fourth-order valence-electron chi connectivity index (χ4n) is 6.52. The first-order chi connectivity index (χ1) is 16.5. The van der Waals surface area contributed by atoms with Gasteiger partial charge in [-0.2, -0.15) is 0 Å². The molecule has 4 fully saturated rings. The van der Waals surface area contributed by atoms with Crippen molar-refractivity contribution >= 4 is 11.8 Å². The molecule has 4 aliphatic rings. The van der Waals surface area contributed by atoms with Crippen LogP contribution in [-0.2, 0) is 26.2 Å². The van der Waals surface area contributed by atoms with Gasteiger partial charge in [0.05, 0.1) is 30.6 Å². The number of quaternary nitrogens is 1. The first kappa shape index (κ1) is 26.0. The predicted octanol–water partition coefficient (Wildman–Crippen LogP) is 1.37. The normalized spacial score (nSPS) is 27.5. The van der Waals surface area contributed by atoms with Crippen molar-refractivity contribution in [2.75, 3.05) is 26.2 Å². The second-order valence-electron chi connectivity index (χ2n) is 10.6. The summed E-state index contributed by atoms with van der Waals surface area (Å²) in [5, 5.41) is 3.87.